The van der Waals surface area contributed by atoms with Gasteiger partial charge in [0.25, 0.3) is 0 Å². The zero-order chi connectivity index (χ0) is 27.0. The third kappa shape index (κ3) is 12.1. The topological polar surface area (TPSA) is 70.0 Å². The molecule has 1 saturated carbocycles. The minimum absolute atomic E-state index is 0.0419. The van der Waals surface area contributed by atoms with E-state index in [1.54, 1.807) is 0 Å². The Kier molecular flexibility index (Phi) is 15.0. The highest BCUT2D eigenvalue weighted by atomic mass is 32.2. The number of hydrogen-bond donors (Lipinski definition) is 1. The summed E-state index contributed by atoms with van der Waals surface area (Å²) in [6.45, 7) is 9.10. The number of carboxylic acids is 1. The molecule has 1 aromatic carbocycles. The second-order valence-corrected chi connectivity index (χ2v) is 11.7. The Hall–Kier alpha value is -1.82. The maximum Gasteiger partial charge on any atom is 0.363 e. The Morgan fingerprint density at radius 2 is 1.46 bits per heavy atom. The summed E-state index contributed by atoms with van der Waals surface area (Å²) in [5, 5.41) is 15.7. The first-order chi connectivity index (χ1) is 17.9. The van der Waals surface area contributed by atoms with Crippen molar-refractivity contribution in [1.82, 2.24) is 5.01 Å². The normalized spacial score (nSPS) is 13.7. The molecule has 0 saturated heterocycles. The van der Waals surface area contributed by atoms with Crippen LogP contribution in [0.4, 0.5) is 0 Å². The van der Waals surface area contributed by atoms with Crippen molar-refractivity contribution in [2.45, 2.75) is 124 Å². The number of unbranched alkanes of at least 4 members (excludes halogenated alkanes) is 9. The molecule has 1 aliphatic rings. The van der Waals surface area contributed by atoms with Crippen molar-refractivity contribution < 1.29 is 14.7 Å². The second-order valence-electron chi connectivity index (χ2n) is 10.6. The van der Waals surface area contributed by atoms with Crippen molar-refractivity contribution in [3.05, 3.63) is 34.4 Å². The average Bonchev–Trinajstić information content (AvgIpc) is 3.70. The summed E-state index contributed by atoms with van der Waals surface area (Å²) in [7, 11) is 0. The summed E-state index contributed by atoms with van der Waals surface area (Å²) in [5.41, 5.74) is 4.71. The van der Waals surface area contributed by atoms with Crippen molar-refractivity contribution in [3.63, 3.8) is 0 Å². The number of carboxylic acid groups (broad SMARTS) is 1. The van der Waals surface area contributed by atoms with E-state index in [-0.39, 0.29) is 17.4 Å². The maximum absolute atomic E-state index is 13.4. The van der Waals surface area contributed by atoms with Gasteiger partial charge >= 0.3 is 5.97 Å². The minimum atomic E-state index is -1.04. The predicted octanol–water partition coefficient (Wildman–Crippen LogP) is 7.95. The Bertz CT molecular complexity index is 854. The lowest BCUT2D eigenvalue weighted by molar-refractivity contribution is -0.131. The Morgan fingerprint density at radius 1 is 0.919 bits per heavy atom. The molecule has 1 aliphatic carbocycles. The van der Waals surface area contributed by atoms with Crippen molar-refractivity contribution in [1.29, 1.82) is 0 Å². The van der Waals surface area contributed by atoms with Crippen molar-refractivity contribution in [2.75, 3.05) is 12.3 Å². The van der Waals surface area contributed by atoms with Crippen LogP contribution in [-0.2, 0) is 28.9 Å². The van der Waals surface area contributed by atoms with Crippen LogP contribution in [-0.4, -0.2) is 39.3 Å². The third-order valence-corrected chi connectivity index (χ3v) is 8.24. The van der Waals surface area contributed by atoms with E-state index in [4.69, 9.17) is 0 Å². The monoisotopic (exact) mass is 530 g/mol. The number of nitrogens with zero attached hydrogens (tertiary/aromatic N) is 2. The molecule has 1 amide bonds. The number of hydrogen-bond acceptors (Lipinski definition) is 4. The number of amides is 1. The van der Waals surface area contributed by atoms with Gasteiger partial charge in [-0.1, -0.05) is 108 Å². The van der Waals surface area contributed by atoms with Crippen LogP contribution in [0.1, 0.15) is 120 Å². The van der Waals surface area contributed by atoms with Crippen molar-refractivity contribution >= 4 is 28.7 Å². The zero-order valence-corrected chi connectivity index (χ0v) is 24.6. The van der Waals surface area contributed by atoms with Crippen LogP contribution in [0, 0.1) is 12.8 Å². The van der Waals surface area contributed by atoms with Crippen LogP contribution in [0.3, 0.4) is 0 Å². The number of rotatable bonds is 18. The van der Waals surface area contributed by atoms with E-state index in [2.05, 4.69) is 44.9 Å². The number of benzene rings is 1. The molecule has 5 nitrogen and oxygen atoms in total. The first-order valence-corrected chi connectivity index (χ1v) is 15.7. The predicted molar refractivity (Wildman–Crippen MR) is 157 cm³/mol. The van der Waals surface area contributed by atoms with Gasteiger partial charge in [-0.15, -0.1) is 0 Å². The molecule has 0 unspecified atom stereocenters. The first-order valence-electron chi connectivity index (χ1n) is 14.8. The van der Waals surface area contributed by atoms with E-state index in [9.17, 15) is 14.7 Å². The van der Waals surface area contributed by atoms with Crippen molar-refractivity contribution in [2.24, 2.45) is 11.0 Å². The molecule has 1 N–H and O–H groups in total. The molecule has 37 heavy (non-hydrogen) atoms. The van der Waals surface area contributed by atoms with Gasteiger partial charge in [0.2, 0.25) is 11.0 Å². The van der Waals surface area contributed by atoms with Gasteiger partial charge in [-0.2, -0.15) is 5.10 Å². The average molecular weight is 531 g/mol. The van der Waals surface area contributed by atoms with E-state index in [0.29, 0.717) is 12.5 Å². The SMILES string of the molecule is CCCCCCCCCCCCSC(=NN(CC1CC1)C(=O)Cc1c(CC)cc(C)cc1CC)C(=O)O. The quantitative estimate of drug-likeness (QED) is 0.0904. The number of carbonyl (C=O) groups excluding carboxylic acids is 1. The Morgan fingerprint density at radius 3 is 1.95 bits per heavy atom. The van der Waals surface area contributed by atoms with Gasteiger partial charge in [0.1, 0.15) is 0 Å². The van der Waals surface area contributed by atoms with Crippen LogP contribution in [0.25, 0.3) is 0 Å². The highest BCUT2D eigenvalue weighted by Crippen LogP contribution is 2.31. The van der Waals surface area contributed by atoms with Gasteiger partial charge < -0.3 is 5.11 Å². The summed E-state index contributed by atoms with van der Waals surface area (Å²) in [5.74, 6) is 0.0253. The fourth-order valence-electron chi connectivity index (χ4n) is 4.82. The van der Waals surface area contributed by atoms with E-state index < -0.39 is 5.97 Å². The van der Waals surface area contributed by atoms with Crippen LogP contribution < -0.4 is 0 Å². The fraction of sp³-hybridized carbons (Fsp3) is 0.710. The highest BCUT2D eigenvalue weighted by Gasteiger charge is 2.28. The molecule has 6 heteroatoms. The Balaban J connectivity index is 1.93. The maximum atomic E-state index is 13.4. The van der Waals surface area contributed by atoms with E-state index >= 15 is 0 Å². The fourth-order valence-corrected chi connectivity index (χ4v) is 5.64. The summed E-state index contributed by atoms with van der Waals surface area (Å²) < 4.78 is 0. The lowest BCUT2D eigenvalue weighted by Crippen LogP contribution is -2.32. The molecule has 0 spiro atoms. The second kappa shape index (κ2) is 17.6. The number of hydrazone groups is 1. The smallest absolute Gasteiger partial charge is 0.363 e. The van der Waals surface area contributed by atoms with Gasteiger partial charge in [-0.25, -0.2) is 9.80 Å². The van der Waals surface area contributed by atoms with E-state index in [1.807, 2.05) is 0 Å². The number of aliphatic carboxylic acids is 1. The standard InChI is InChI=1S/C31H50N2O3S/c1-5-8-9-10-11-12-13-14-15-16-19-37-30(31(35)36)32-33(23-25-17-18-25)29(34)22-28-26(6-2)20-24(4)21-27(28)7-3/h20-21,25H,5-19,22-23H2,1-4H3,(H,35,36). The highest BCUT2D eigenvalue weighted by molar-refractivity contribution is 8.15. The van der Waals surface area contributed by atoms with Crippen LogP contribution >= 0.6 is 11.8 Å². The molecule has 0 radical (unpaired) electrons. The number of carbonyl (C=O) groups is 2. The molecule has 0 atom stereocenters. The molecule has 2 rings (SSSR count). The van der Waals surface area contributed by atoms with Crippen LogP contribution in [0.15, 0.2) is 17.2 Å². The largest absolute Gasteiger partial charge is 0.476 e. The molecule has 1 aromatic rings. The molecule has 0 aromatic heterocycles. The summed E-state index contributed by atoms with van der Waals surface area (Å²) in [6.07, 6.45) is 16.7. The first kappa shape index (κ1) is 31.4. The lowest BCUT2D eigenvalue weighted by Gasteiger charge is -2.20. The lowest BCUT2D eigenvalue weighted by atomic mass is 9.92. The molecule has 0 heterocycles. The van der Waals surface area contributed by atoms with Crippen molar-refractivity contribution in [3.8, 4) is 0 Å². The van der Waals surface area contributed by atoms with Crippen LogP contribution in [0.5, 0.6) is 0 Å². The van der Waals surface area contributed by atoms with Gasteiger partial charge in [0, 0.05) is 6.54 Å². The van der Waals surface area contributed by atoms with Gasteiger partial charge in [-0.3, -0.25) is 4.79 Å². The summed E-state index contributed by atoms with van der Waals surface area (Å²) >= 11 is 1.28. The molecule has 208 valence electrons. The zero-order valence-electron chi connectivity index (χ0n) is 23.8. The van der Waals surface area contributed by atoms with Gasteiger partial charge in [-0.05, 0) is 67.4 Å². The summed E-state index contributed by atoms with van der Waals surface area (Å²) in [4.78, 5) is 25.4. The number of aryl methyl sites for hydroxylation is 3. The Labute approximate surface area is 229 Å². The molecular weight excluding hydrogens is 480 g/mol. The van der Waals surface area contributed by atoms with Crippen LogP contribution in [0.2, 0.25) is 0 Å². The third-order valence-electron chi connectivity index (χ3n) is 7.22. The van der Waals surface area contributed by atoms with Gasteiger partial charge in [0.15, 0.2) is 0 Å². The summed E-state index contributed by atoms with van der Waals surface area (Å²) in [6, 6.07) is 4.34. The molecular formula is C31H50N2O3S. The molecule has 0 aliphatic heterocycles. The van der Waals surface area contributed by atoms with E-state index in [0.717, 1.165) is 49.8 Å². The minimum Gasteiger partial charge on any atom is -0.476 e. The molecule has 1 fully saturated rings. The van der Waals surface area contributed by atoms with Gasteiger partial charge in [0.05, 0.1) is 6.42 Å². The molecule has 0 bridgehead atoms. The van der Waals surface area contributed by atoms with E-state index in [1.165, 1.54) is 84.8 Å². The number of thioether (sulfide) groups is 1.